The lowest BCUT2D eigenvalue weighted by atomic mass is 9.68. The molecule has 1 spiro atoms. The van der Waals surface area contributed by atoms with Crippen molar-refractivity contribution in [3.63, 3.8) is 0 Å². The van der Waals surface area contributed by atoms with E-state index in [0.717, 1.165) is 32.1 Å². The molecule has 4 rings (SSSR count). The van der Waals surface area contributed by atoms with E-state index >= 15 is 0 Å². The highest BCUT2D eigenvalue weighted by molar-refractivity contribution is 5.80. The molecule has 1 heterocycles. The van der Waals surface area contributed by atoms with Crippen LogP contribution in [0.3, 0.4) is 0 Å². The minimum absolute atomic E-state index is 0.367. The van der Waals surface area contributed by atoms with Crippen molar-refractivity contribution < 1.29 is 4.79 Å². The minimum atomic E-state index is 0.367. The van der Waals surface area contributed by atoms with Crippen molar-refractivity contribution in [2.24, 2.45) is 5.41 Å². The van der Waals surface area contributed by atoms with Crippen LogP contribution in [-0.4, -0.2) is 43.4 Å². The van der Waals surface area contributed by atoms with Gasteiger partial charge in [-0.05, 0) is 61.5 Å². The van der Waals surface area contributed by atoms with Crippen LogP contribution in [-0.2, 0) is 4.79 Å². The van der Waals surface area contributed by atoms with E-state index in [-0.39, 0.29) is 0 Å². The Labute approximate surface area is 165 Å². The molecular formula is C24H36N2O. The lowest BCUT2D eigenvalue weighted by Crippen LogP contribution is -2.48. The first-order valence-corrected chi connectivity index (χ1v) is 11.3. The molecule has 3 aliphatic rings. The minimum Gasteiger partial charge on any atom is -0.369 e. The maximum Gasteiger partial charge on any atom is 0.146 e. The number of ketones is 1. The van der Waals surface area contributed by atoms with Crippen molar-refractivity contribution in [3.05, 3.63) is 29.8 Å². The second-order valence-corrected chi connectivity index (χ2v) is 9.20. The van der Waals surface area contributed by atoms with Crippen LogP contribution in [0.1, 0.15) is 76.2 Å². The average Bonchev–Trinajstić information content (AvgIpc) is 3.17. The number of hydrogen-bond acceptors (Lipinski definition) is 3. The number of hydrogen-bond donors (Lipinski definition) is 0. The van der Waals surface area contributed by atoms with E-state index in [2.05, 4.69) is 34.1 Å². The first-order chi connectivity index (χ1) is 13.2. The molecule has 2 aliphatic carbocycles. The van der Waals surface area contributed by atoms with Crippen molar-refractivity contribution in [1.82, 2.24) is 4.90 Å². The van der Waals surface area contributed by atoms with Crippen LogP contribution in [0.25, 0.3) is 0 Å². The van der Waals surface area contributed by atoms with Crippen molar-refractivity contribution in [1.29, 1.82) is 0 Å². The zero-order valence-corrected chi connectivity index (χ0v) is 17.1. The van der Waals surface area contributed by atoms with Gasteiger partial charge >= 0.3 is 0 Å². The van der Waals surface area contributed by atoms with Crippen molar-refractivity contribution in [2.75, 3.05) is 37.6 Å². The molecule has 0 unspecified atom stereocenters. The predicted molar refractivity (Wildman–Crippen MR) is 113 cm³/mol. The summed E-state index contributed by atoms with van der Waals surface area (Å²) in [6.07, 6.45) is 12.2. The average molecular weight is 369 g/mol. The highest BCUT2D eigenvalue weighted by Crippen LogP contribution is 2.53. The van der Waals surface area contributed by atoms with Gasteiger partial charge in [-0.2, -0.15) is 0 Å². The number of carbonyl (C=O) groups excluding carboxylic acids is 1. The second kappa shape index (κ2) is 8.34. The number of anilines is 1. The highest BCUT2D eigenvalue weighted by Gasteiger charge is 2.38. The molecule has 1 aliphatic heterocycles. The van der Waals surface area contributed by atoms with Crippen molar-refractivity contribution in [2.45, 2.75) is 70.6 Å². The van der Waals surface area contributed by atoms with Gasteiger partial charge < -0.3 is 4.90 Å². The van der Waals surface area contributed by atoms with E-state index in [4.69, 9.17) is 0 Å². The number of benzene rings is 1. The monoisotopic (exact) mass is 368 g/mol. The lowest BCUT2D eigenvalue weighted by molar-refractivity contribution is -0.119. The predicted octanol–water partition coefficient (Wildman–Crippen LogP) is 5.01. The number of carbonyl (C=O) groups is 1. The summed E-state index contributed by atoms with van der Waals surface area (Å²) in [5.41, 5.74) is 3.76. The molecule has 0 bridgehead atoms. The van der Waals surface area contributed by atoms with Crippen LogP contribution in [0.4, 0.5) is 5.69 Å². The molecule has 0 atom stereocenters. The number of nitrogens with zero attached hydrogens (tertiary/aromatic N) is 2. The van der Waals surface area contributed by atoms with E-state index in [1.54, 1.807) is 5.56 Å². The third-order valence-electron chi connectivity index (χ3n) is 7.59. The van der Waals surface area contributed by atoms with Gasteiger partial charge in [0.1, 0.15) is 5.78 Å². The molecule has 3 heteroatoms. The summed E-state index contributed by atoms with van der Waals surface area (Å²) >= 11 is 0. The molecule has 0 radical (unpaired) electrons. The molecule has 1 aromatic carbocycles. The summed E-state index contributed by atoms with van der Waals surface area (Å²) in [6, 6.07) is 9.16. The molecular weight excluding hydrogens is 332 g/mol. The van der Waals surface area contributed by atoms with Gasteiger partial charge in [-0.15, -0.1) is 0 Å². The van der Waals surface area contributed by atoms with Gasteiger partial charge in [-0.1, -0.05) is 38.0 Å². The van der Waals surface area contributed by atoms with Crippen LogP contribution >= 0.6 is 0 Å². The number of piperazine rings is 1. The third kappa shape index (κ3) is 4.23. The van der Waals surface area contributed by atoms with Crippen molar-refractivity contribution >= 4 is 11.5 Å². The smallest absolute Gasteiger partial charge is 0.146 e. The molecule has 0 N–H and O–H groups in total. The summed E-state index contributed by atoms with van der Waals surface area (Å²) in [4.78, 5) is 16.6. The summed E-state index contributed by atoms with van der Waals surface area (Å²) in [5, 5.41) is 0. The molecule has 3 fully saturated rings. The van der Waals surface area contributed by atoms with Gasteiger partial charge in [0.05, 0.1) is 6.54 Å². The Morgan fingerprint density at radius 2 is 1.67 bits per heavy atom. The van der Waals surface area contributed by atoms with Gasteiger partial charge in [-0.3, -0.25) is 9.69 Å². The zero-order valence-electron chi connectivity index (χ0n) is 17.1. The summed E-state index contributed by atoms with van der Waals surface area (Å²) < 4.78 is 0. The fourth-order valence-electron chi connectivity index (χ4n) is 5.80. The standard InChI is InChI=1S/C24H36N2O/c1-2-21(27)19-25-15-17-26(18-16-25)23-8-4-3-7-22(23)20-9-13-24(14-10-20)11-5-6-12-24/h3-4,7-8,20H,2,5-6,9-19H2,1H3. The number of para-hydroxylation sites is 1. The molecule has 1 aromatic rings. The second-order valence-electron chi connectivity index (χ2n) is 9.20. The lowest BCUT2D eigenvalue weighted by Gasteiger charge is -2.40. The van der Waals surface area contributed by atoms with Crippen LogP contribution < -0.4 is 4.90 Å². The van der Waals surface area contributed by atoms with E-state index in [1.807, 2.05) is 6.92 Å². The largest absolute Gasteiger partial charge is 0.369 e. The van der Waals surface area contributed by atoms with Crippen LogP contribution in [0, 0.1) is 5.41 Å². The Kier molecular flexibility index (Phi) is 5.87. The third-order valence-corrected chi connectivity index (χ3v) is 7.59. The molecule has 3 nitrogen and oxygen atoms in total. The number of rotatable bonds is 5. The molecule has 2 saturated carbocycles. The molecule has 27 heavy (non-hydrogen) atoms. The van der Waals surface area contributed by atoms with Crippen LogP contribution in [0.15, 0.2) is 24.3 Å². The van der Waals surface area contributed by atoms with E-state index in [9.17, 15) is 4.79 Å². The van der Waals surface area contributed by atoms with Gasteiger partial charge in [0.2, 0.25) is 0 Å². The highest BCUT2D eigenvalue weighted by atomic mass is 16.1. The molecule has 0 amide bonds. The van der Waals surface area contributed by atoms with Gasteiger partial charge in [-0.25, -0.2) is 0 Å². The molecule has 148 valence electrons. The van der Waals surface area contributed by atoms with Crippen LogP contribution in [0.2, 0.25) is 0 Å². The number of Topliss-reactive ketones (excluding diaryl/α,β-unsaturated/α-hetero) is 1. The Morgan fingerprint density at radius 3 is 2.33 bits per heavy atom. The SMILES string of the molecule is CCC(=O)CN1CCN(c2ccccc2C2CCC3(CCCC3)CC2)CC1. The van der Waals surface area contributed by atoms with Gasteiger partial charge in [0.15, 0.2) is 0 Å². The van der Waals surface area contributed by atoms with Gasteiger partial charge in [0.25, 0.3) is 0 Å². The summed E-state index contributed by atoms with van der Waals surface area (Å²) in [7, 11) is 0. The van der Waals surface area contributed by atoms with Gasteiger partial charge in [0, 0.05) is 38.3 Å². The Morgan fingerprint density at radius 1 is 1.00 bits per heavy atom. The molecule has 1 saturated heterocycles. The maximum absolute atomic E-state index is 11.7. The van der Waals surface area contributed by atoms with E-state index in [1.165, 1.54) is 57.1 Å². The summed E-state index contributed by atoms with van der Waals surface area (Å²) in [6.45, 7) is 6.71. The first kappa shape index (κ1) is 19.0. The van der Waals surface area contributed by atoms with E-state index in [0.29, 0.717) is 24.2 Å². The zero-order chi connectivity index (χ0) is 18.7. The first-order valence-electron chi connectivity index (χ1n) is 11.3. The normalized spacial score (nSPS) is 23.8. The topological polar surface area (TPSA) is 23.6 Å². The van der Waals surface area contributed by atoms with Crippen molar-refractivity contribution in [3.8, 4) is 0 Å². The van der Waals surface area contributed by atoms with E-state index < -0.39 is 0 Å². The Hall–Kier alpha value is -1.35. The Balaban J connectivity index is 1.40. The Bertz CT molecular complexity index is 632. The van der Waals surface area contributed by atoms with Crippen LogP contribution in [0.5, 0.6) is 0 Å². The molecule has 0 aromatic heterocycles. The summed E-state index contributed by atoms with van der Waals surface area (Å²) in [5.74, 6) is 1.11. The maximum atomic E-state index is 11.7. The quantitative estimate of drug-likeness (QED) is 0.730. The fourth-order valence-corrected chi connectivity index (χ4v) is 5.80. The fraction of sp³-hybridized carbons (Fsp3) is 0.708.